The van der Waals surface area contributed by atoms with E-state index in [1.54, 1.807) is 12.1 Å². The van der Waals surface area contributed by atoms with Gasteiger partial charge in [0.15, 0.2) is 0 Å². The predicted molar refractivity (Wildman–Crippen MR) is 81.1 cm³/mol. The summed E-state index contributed by atoms with van der Waals surface area (Å²) in [7, 11) is 0. The van der Waals surface area contributed by atoms with Crippen molar-refractivity contribution in [2.75, 3.05) is 16.8 Å². The van der Waals surface area contributed by atoms with Crippen LogP contribution in [0, 0.1) is 0 Å². The van der Waals surface area contributed by atoms with Crippen molar-refractivity contribution in [2.24, 2.45) is 11.5 Å². The lowest BCUT2D eigenvalue weighted by Gasteiger charge is -2.07. The van der Waals surface area contributed by atoms with E-state index < -0.39 is 17.9 Å². The van der Waals surface area contributed by atoms with Crippen LogP contribution in [0.4, 0.5) is 5.69 Å². The summed E-state index contributed by atoms with van der Waals surface area (Å²) >= 11 is 1.30. The molecule has 0 aromatic heterocycles. The highest BCUT2D eigenvalue weighted by molar-refractivity contribution is 7.99. The van der Waals surface area contributed by atoms with Crippen LogP contribution in [-0.4, -0.2) is 40.4 Å². The van der Waals surface area contributed by atoms with E-state index in [1.165, 1.54) is 23.9 Å². The fourth-order valence-electron chi connectivity index (χ4n) is 1.41. The molecule has 0 bridgehead atoms. The minimum Gasteiger partial charge on any atom is -0.480 e. The molecule has 0 saturated heterocycles. The number of nitrogens with two attached hydrogens (primary N) is 2. The number of thioether (sulfide) groups is 1. The Kier molecular flexibility index (Phi) is 6.70. The highest BCUT2D eigenvalue weighted by atomic mass is 32.2. The van der Waals surface area contributed by atoms with Gasteiger partial charge in [0.25, 0.3) is 0 Å². The van der Waals surface area contributed by atoms with E-state index in [-0.39, 0.29) is 11.7 Å². The molecule has 6 N–H and O–H groups in total. The first-order chi connectivity index (χ1) is 9.90. The van der Waals surface area contributed by atoms with Crippen LogP contribution in [0.3, 0.4) is 0 Å². The highest BCUT2D eigenvalue weighted by Crippen LogP contribution is 2.11. The van der Waals surface area contributed by atoms with Crippen molar-refractivity contribution >= 4 is 35.2 Å². The molecule has 7 nitrogen and oxygen atoms in total. The third kappa shape index (κ3) is 6.28. The van der Waals surface area contributed by atoms with Crippen molar-refractivity contribution < 1.29 is 19.5 Å². The Hall–Kier alpha value is -2.06. The number of hydrogen-bond acceptors (Lipinski definition) is 5. The standard InChI is InChI=1S/C13H17N3O4S/c14-10(13(19)20)5-6-21-7-11(17)16-9-3-1-8(2-4-9)12(15)18/h1-4,10H,5-7,14H2,(H2,15,18)(H,16,17)(H,19,20). The monoisotopic (exact) mass is 311 g/mol. The summed E-state index contributed by atoms with van der Waals surface area (Å²) in [6.07, 6.45) is 0.306. The Morgan fingerprint density at radius 2 is 1.86 bits per heavy atom. The SMILES string of the molecule is NC(=O)c1ccc(NC(=O)CSCCC(N)C(=O)O)cc1. The molecule has 0 heterocycles. The Morgan fingerprint density at radius 1 is 1.24 bits per heavy atom. The van der Waals surface area contributed by atoms with Crippen molar-refractivity contribution in [1.82, 2.24) is 0 Å². The van der Waals surface area contributed by atoms with E-state index in [0.717, 1.165) is 0 Å². The molecule has 1 rings (SSSR count). The van der Waals surface area contributed by atoms with Crippen LogP contribution in [0.5, 0.6) is 0 Å². The zero-order valence-corrected chi connectivity index (χ0v) is 12.1. The van der Waals surface area contributed by atoms with Gasteiger partial charge >= 0.3 is 5.97 Å². The first-order valence-electron chi connectivity index (χ1n) is 6.16. The van der Waals surface area contributed by atoms with Crippen molar-refractivity contribution in [3.63, 3.8) is 0 Å². The maximum atomic E-state index is 11.6. The Balaban J connectivity index is 2.30. The van der Waals surface area contributed by atoms with Gasteiger partial charge in [-0.1, -0.05) is 0 Å². The number of carboxylic acids is 1. The summed E-state index contributed by atoms with van der Waals surface area (Å²) in [5, 5.41) is 11.3. The number of amides is 2. The van der Waals surface area contributed by atoms with Gasteiger partial charge < -0.3 is 21.9 Å². The van der Waals surface area contributed by atoms with Crippen LogP contribution < -0.4 is 16.8 Å². The molecule has 0 aliphatic rings. The molecule has 0 radical (unpaired) electrons. The third-order valence-electron chi connectivity index (χ3n) is 2.58. The van der Waals surface area contributed by atoms with E-state index in [4.69, 9.17) is 16.6 Å². The molecular formula is C13H17N3O4S. The van der Waals surface area contributed by atoms with E-state index in [9.17, 15) is 14.4 Å². The molecule has 21 heavy (non-hydrogen) atoms. The van der Waals surface area contributed by atoms with Crippen molar-refractivity contribution in [3.05, 3.63) is 29.8 Å². The minimum absolute atomic E-state index is 0.198. The number of carbonyl (C=O) groups is 3. The fraction of sp³-hybridized carbons (Fsp3) is 0.308. The van der Waals surface area contributed by atoms with Crippen LogP contribution in [0.2, 0.25) is 0 Å². The first-order valence-corrected chi connectivity index (χ1v) is 7.31. The van der Waals surface area contributed by atoms with Gasteiger partial charge in [0, 0.05) is 11.3 Å². The number of carboxylic acid groups (broad SMARTS) is 1. The summed E-state index contributed by atoms with van der Waals surface area (Å²) < 4.78 is 0. The van der Waals surface area contributed by atoms with E-state index in [1.807, 2.05) is 0 Å². The summed E-state index contributed by atoms with van der Waals surface area (Å²) in [4.78, 5) is 33.0. The topological polar surface area (TPSA) is 136 Å². The largest absolute Gasteiger partial charge is 0.480 e. The number of anilines is 1. The number of primary amides is 1. The molecule has 0 aliphatic carbocycles. The van der Waals surface area contributed by atoms with Gasteiger partial charge in [-0.25, -0.2) is 0 Å². The summed E-state index contributed by atoms with van der Waals surface area (Å²) in [5.74, 6) is -1.10. The van der Waals surface area contributed by atoms with Crippen LogP contribution in [0.15, 0.2) is 24.3 Å². The fourth-order valence-corrected chi connectivity index (χ4v) is 2.24. The second-order valence-electron chi connectivity index (χ2n) is 4.28. The van der Waals surface area contributed by atoms with Gasteiger partial charge in [-0.3, -0.25) is 14.4 Å². The molecule has 1 aromatic rings. The molecule has 1 aromatic carbocycles. The molecule has 0 spiro atoms. The van der Waals surface area contributed by atoms with Gasteiger partial charge in [-0.15, -0.1) is 0 Å². The Bertz CT molecular complexity index is 519. The molecular weight excluding hydrogens is 294 g/mol. The van der Waals surface area contributed by atoms with E-state index in [2.05, 4.69) is 5.32 Å². The molecule has 0 saturated carbocycles. The maximum absolute atomic E-state index is 11.6. The minimum atomic E-state index is -1.05. The van der Waals surface area contributed by atoms with Crippen LogP contribution in [0.25, 0.3) is 0 Å². The summed E-state index contributed by atoms with van der Waals surface area (Å²) in [6.45, 7) is 0. The van der Waals surface area contributed by atoms with Gasteiger partial charge in [-0.2, -0.15) is 11.8 Å². The van der Waals surface area contributed by atoms with Crippen LogP contribution >= 0.6 is 11.8 Å². The van der Waals surface area contributed by atoms with Gasteiger partial charge in [-0.05, 0) is 36.4 Å². The molecule has 2 amide bonds. The zero-order valence-electron chi connectivity index (χ0n) is 11.2. The lowest BCUT2D eigenvalue weighted by atomic mass is 10.2. The number of hydrogen-bond donors (Lipinski definition) is 4. The lowest BCUT2D eigenvalue weighted by molar-refractivity contribution is -0.138. The van der Waals surface area contributed by atoms with Gasteiger partial charge in [0.2, 0.25) is 11.8 Å². The second-order valence-corrected chi connectivity index (χ2v) is 5.38. The molecule has 8 heteroatoms. The Morgan fingerprint density at radius 3 is 2.38 bits per heavy atom. The molecule has 0 fully saturated rings. The number of carbonyl (C=O) groups excluding carboxylic acids is 2. The summed E-state index contributed by atoms with van der Waals surface area (Å²) in [5.41, 5.74) is 11.4. The van der Waals surface area contributed by atoms with Crippen molar-refractivity contribution in [2.45, 2.75) is 12.5 Å². The van der Waals surface area contributed by atoms with Crippen molar-refractivity contribution in [1.29, 1.82) is 0 Å². The summed E-state index contributed by atoms with van der Waals surface area (Å²) in [6, 6.07) is 5.32. The van der Waals surface area contributed by atoms with E-state index in [0.29, 0.717) is 23.4 Å². The predicted octanol–water partition coefficient (Wildman–Crippen LogP) is 0.259. The van der Waals surface area contributed by atoms with Crippen LogP contribution in [0.1, 0.15) is 16.8 Å². The molecule has 1 unspecified atom stereocenters. The zero-order chi connectivity index (χ0) is 15.8. The quantitative estimate of drug-likeness (QED) is 0.508. The van der Waals surface area contributed by atoms with E-state index >= 15 is 0 Å². The Labute approximate surface area is 126 Å². The number of rotatable bonds is 8. The average molecular weight is 311 g/mol. The molecule has 114 valence electrons. The van der Waals surface area contributed by atoms with Gasteiger partial charge in [0.05, 0.1) is 5.75 Å². The molecule has 0 aliphatic heterocycles. The number of aliphatic carboxylic acids is 1. The molecule has 1 atom stereocenters. The third-order valence-corrected chi connectivity index (χ3v) is 3.57. The second kappa shape index (κ2) is 8.28. The smallest absolute Gasteiger partial charge is 0.320 e. The lowest BCUT2D eigenvalue weighted by Crippen LogP contribution is -2.30. The van der Waals surface area contributed by atoms with Crippen molar-refractivity contribution in [3.8, 4) is 0 Å². The number of nitrogens with one attached hydrogen (secondary N) is 1. The van der Waals surface area contributed by atoms with Crippen LogP contribution in [-0.2, 0) is 9.59 Å². The highest BCUT2D eigenvalue weighted by Gasteiger charge is 2.11. The normalized spacial score (nSPS) is 11.7. The first kappa shape index (κ1) is 17.0. The maximum Gasteiger partial charge on any atom is 0.320 e. The average Bonchev–Trinajstić information content (AvgIpc) is 2.43. The number of benzene rings is 1. The van der Waals surface area contributed by atoms with Gasteiger partial charge in [0.1, 0.15) is 6.04 Å².